The van der Waals surface area contributed by atoms with Crippen LogP contribution >= 0.6 is 0 Å². The van der Waals surface area contributed by atoms with E-state index in [9.17, 15) is 13.2 Å². The number of alkyl halides is 3. The highest BCUT2D eigenvalue weighted by Crippen LogP contribution is 2.47. The van der Waals surface area contributed by atoms with Crippen molar-refractivity contribution in [2.75, 3.05) is 0 Å². The number of pyridine rings is 1. The van der Waals surface area contributed by atoms with Crippen LogP contribution in [0, 0.1) is 12.3 Å². The fourth-order valence-corrected chi connectivity index (χ4v) is 5.92. The molecule has 7 aromatic rings. The zero-order valence-corrected chi connectivity index (χ0v) is 20.0. The highest BCUT2D eigenvalue weighted by atomic mass is 19.4. The van der Waals surface area contributed by atoms with E-state index in [2.05, 4.69) is 34.5 Å². The lowest BCUT2D eigenvalue weighted by Gasteiger charge is -2.28. The summed E-state index contributed by atoms with van der Waals surface area (Å²) in [5, 5.41) is 5.96. The number of aromatic nitrogens is 3. The maximum atomic E-state index is 14.0. The lowest BCUT2D eigenvalue weighted by atomic mass is 9.83. The van der Waals surface area contributed by atoms with E-state index in [1.54, 1.807) is 0 Å². The first-order valence-electron chi connectivity index (χ1n) is 12.0. The van der Waals surface area contributed by atoms with E-state index < -0.39 is 11.6 Å². The van der Waals surface area contributed by atoms with Crippen molar-refractivity contribution in [3.05, 3.63) is 78.1 Å². The molecular weight excluding hydrogens is 459 g/mol. The van der Waals surface area contributed by atoms with E-state index in [-0.39, 0.29) is 6.42 Å². The Balaban J connectivity index is 1.78. The van der Waals surface area contributed by atoms with E-state index in [0.717, 1.165) is 59.9 Å². The molecule has 0 spiro atoms. The van der Waals surface area contributed by atoms with Gasteiger partial charge < -0.3 is 4.40 Å². The van der Waals surface area contributed by atoms with Crippen LogP contribution in [-0.2, 0) is 6.42 Å². The van der Waals surface area contributed by atoms with Gasteiger partial charge in [0.25, 0.3) is 0 Å². The van der Waals surface area contributed by atoms with E-state index in [1.165, 1.54) is 20.2 Å². The molecule has 0 N–H and O–H groups in total. The lowest BCUT2D eigenvalue weighted by molar-refractivity contribution is -0.210. The van der Waals surface area contributed by atoms with Gasteiger partial charge in [-0.05, 0) is 53.4 Å². The zero-order valence-electron chi connectivity index (χ0n) is 20.0. The maximum absolute atomic E-state index is 14.0. The molecule has 0 saturated heterocycles. The summed E-state index contributed by atoms with van der Waals surface area (Å²) < 4.78 is 44.2. The molecule has 0 unspecified atom stereocenters. The van der Waals surface area contributed by atoms with E-state index in [0.29, 0.717) is 11.1 Å². The number of benzene rings is 4. The molecule has 6 heteroatoms. The van der Waals surface area contributed by atoms with E-state index >= 15 is 0 Å². The van der Waals surface area contributed by atoms with Crippen LogP contribution in [0.2, 0.25) is 0 Å². The van der Waals surface area contributed by atoms with Crippen LogP contribution in [0.15, 0.2) is 67.0 Å². The molecule has 36 heavy (non-hydrogen) atoms. The van der Waals surface area contributed by atoms with Gasteiger partial charge in [-0.15, -0.1) is 0 Å². The molecule has 3 nitrogen and oxygen atoms in total. The summed E-state index contributed by atoms with van der Waals surface area (Å²) in [7, 11) is 0. The summed E-state index contributed by atoms with van der Waals surface area (Å²) in [6.45, 7) is 4.65. The number of hydrogen-bond donors (Lipinski definition) is 0. The number of aryl methyl sites for hydroxylation is 1. The molecule has 0 fully saturated rings. The van der Waals surface area contributed by atoms with E-state index in [4.69, 9.17) is 4.98 Å². The van der Waals surface area contributed by atoms with Gasteiger partial charge in [0, 0.05) is 16.2 Å². The molecule has 3 aromatic heterocycles. The first kappa shape index (κ1) is 21.4. The minimum Gasteiger partial charge on any atom is -0.307 e. The normalized spacial score (nSPS) is 13.4. The summed E-state index contributed by atoms with van der Waals surface area (Å²) in [4.78, 5) is 9.26. The highest BCUT2D eigenvalue weighted by molar-refractivity contribution is 6.29. The fourth-order valence-electron chi connectivity index (χ4n) is 5.92. The van der Waals surface area contributed by atoms with Gasteiger partial charge in [-0.25, -0.2) is 9.97 Å². The van der Waals surface area contributed by atoms with Crippen molar-refractivity contribution in [3.63, 3.8) is 0 Å². The molecule has 0 aliphatic heterocycles. The van der Waals surface area contributed by atoms with Gasteiger partial charge in [0.05, 0.1) is 38.4 Å². The van der Waals surface area contributed by atoms with Gasteiger partial charge in [0.15, 0.2) is 0 Å². The van der Waals surface area contributed by atoms with Gasteiger partial charge in [-0.1, -0.05) is 56.3 Å². The summed E-state index contributed by atoms with van der Waals surface area (Å²) in [6.07, 6.45) is -2.95. The molecule has 0 saturated carbocycles. The van der Waals surface area contributed by atoms with Crippen LogP contribution in [-0.4, -0.2) is 20.5 Å². The minimum atomic E-state index is -4.33. The van der Waals surface area contributed by atoms with Crippen molar-refractivity contribution in [1.29, 1.82) is 0 Å². The average Bonchev–Trinajstić information content (AvgIpc) is 3.19. The zero-order chi connectivity index (χ0) is 25.0. The first-order valence-corrected chi connectivity index (χ1v) is 12.0. The molecule has 3 heterocycles. The molecule has 0 aliphatic carbocycles. The SMILES string of the molecule is Cc1c2ccccc2cc2c3ncnc4cc(CC(C)(C)C(F)(F)F)c5c6ccccc6n(c12)c5c43. The summed E-state index contributed by atoms with van der Waals surface area (Å²) >= 11 is 0. The Labute approximate surface area is 204 Å². The Morgan fingerprint density at radius 2 is 1.53 bits per heavy atom. The van der Waals surface area contributed by atoms with Gasteiger partial charge in [0.2, 0.25) is 0 Å². The molecule has 0 amide bonds. The third-order valence-electron chi connectivity index (χ3n) is 7.77. The van der Waals surface area contributed by atoms with Crippen molar-refractivity contribution in [1.82, 2.24) is 14.4 Å². The van der Waals surface area contributed by atoms with Gasteiger partial charge in [-0.2, -0.15) is 13.2 Å². The largest absolute Gasteiger partial charge is 0.394 e. The van der Waals surface area contributed by atoms with Crippen molar-refractivity contribution >= 4 is 59.9 Å². The second-order valence-corrected chi connectivity index (χ2v) is 10.4. The van der Waals surface area contributed by atoms with Gasteiger partial charge in [-0.3, -0.25) is 0 Å². The number of rotatable bonds is 2. The quantitative estimate of drug-likeness (QED) is 0.183. The number of fused-ring (bicyclic) bond motifs is 7. The number of hydrogen-bond acceptors (Lipinski definition) is 2. The van der Waals surface area contributed by atoms with Crippen LogP contribution in [0.5, 0.6) is 0 Å². The van der Waals surface area contributed by atoms with Crippen molar-refractivity contribution in [2.24, 2.45) is 5.41 Å². The molecule has 7 rings (SSSR count). The smallest absolute Gasteiger partial charge is 0.307 e. The van der Waals surface area contributed by atoms with Crippen molar-refractivity contribution in [3.8, 4) is 0 Å². The third-order valence-corrected chi connectivity index (χ3v) is 7.77. The molecule has 4 aromatic carbocycles. The molecular formula is C30H22F3N3. The fraction of sp³-hybridized carbons (Fsp3) is 0.200. The standard InChI is InChI=1S/C30H22F3N3/c1-16-19-9-5-4-8-17(19)12-21-26-25-22(34-15-35-26)13-18(14-29(2,3)30(31,32)33)24-20-10-6-7-11-23(20)36(27(16)21)28(24)25/h4-13,15H,14H2,1-3H3. The predicted molar refractivity (Wildman–Crippen MR) is 140 cm³/mol. The third kappa shape index (κ3) is 2.64. The Kier molecular flexibility index (Phi) is 4.06. The maximum Gasteiger partial charge on any atom is 0.394 e. The van der Waals surface area contributed by atoms with Crippen LogP contribution in [0.3, 0.4) is 0 Å². The minimum absolute atomic E-state index is 0.139. The predicted octanol–water partition coefficient (Wildman–Crippen LogP) is 8.37. The summed E-state index contributed by atoms with van der Waals surface area (Å²) in [5.74, 6) is 0. The molecule has 178 valence electrons. The molecule has 0 atom stereocenters. The Hall–Kier alpha value is -3.93. The average molecular weight is 482 g/mol. The van der Waals surface area contributed by atoms with Crippen LogP contribution in [0.1, 0.15) is 25.0 Å². The van der Waals surface area contributed by atoms with Crippen LogP contribution in [0.4, 0.5) is 13.2 Å². The highest BCUT2D eigenvalue weighted by Gasteiger charge is 2.47. The van der Waals surface area contributed by atoms with Crippen molar-refractivity contribution < 1.29 is 13.2 Å². The molecule has 0 radical (unpaired) electrons. The lowest BCUT2D eigenvalue weighted by Crippen LogP contribution is -2.34. The monoisotopic (exact) mass is 481 g/mol. The topological polar surface area (TPSA) is 30.2 Å². The number of para-hydroxylation sites is 1. The molecule has 0 aliphatic rings. The Morgan fingerprint density at radius 1 is 0.806 bits per heavy atom. The second-order valence-electron chi connectivity index (χ2n) is 10.4. The van der Waals surface area contributed by atoms with E-state index in [1.807, 2.05) is 42.5 Å². The Morgan fingerprint density at radius 3 is 2.31 bits per heavy atom. The summed E-state index contributed by atoms with van der Waals surface area (Å²) in [6, 6.07) is 20.3. The van der Waals surface area contributed by atoms with Crippen LogP contribution in [0.25, 0.3) is 59.9 Å². The number of nitrogens with zero attached hydrogens (tertiary/aromatic N) is 3. The second kappa shape index (κ2) is 6.84. The first-order chi connectivity index (χ1) is 17.2. The van der Waals surface area contributed by atoms with Gasteiger partial charge >= 0.3 is 6.18 Å². The van der Waals surface area contributed by atoms with Crippen LogP contribution < -0.4 is 0 Å². The van der Waals surface area contributed by atoms with Gasteiger partial charge in [0.1, 0.15) is 6.33 Å². The molecule has 0 bridgehead atoms. The number of halogens is 3. The summed E-state index contributed by atoms with van der Waals surface area (Å²) in [5.41, 5.74) is 4.26. The Bertz CT molecular complexity index is 2000. The van der Waals surface area contributed by atoms with Crippen molar-refractivity contribution in [2.45, 2.75) is 33.4 Å².